The molecule has 0 aliphatic heterocycles. The SMILES string of the molecule is C(/C=C/c1ccccc1)=C\c1ccccc1.CC1CC2C(c3ccccc3)CCCC2C1B(C1CCC2C(c3ccccc3)CCCC12)N(C)C.[CH2-]C.[CH3-].[CH3-].[CH3-].[Zr+4]. The van der Waals surface area contributed by atoms with Crippen LogP contribution in [0.4, 0.5) is 0 Å². The van der Waals surface area contributed by atoms with E-state index in [1.807, 2.05) is 36.4 Å². The van der Waals surface area contributed by atoms with Gasteiger partial charge in [0.2, 0.25) is 6.85 Å². The van der Waals surface area contributed by atoms with Gasteiger partial charge in [-0.3, -0.25) is 0 Å². The second kappa shape index (κ2) is 25.7. The van der Waals surface area contributed by atoms with Crippen LogP contribution >= 0.6 is 0 Å². The van der Waals surface area contributed by atoms with Crippen molar-refractivity contribution in [2.45, 2.75) is 95.1 Å². The van der Waals surface area contributed by atoms with Gasteiger partial charge in [-0.05, 0) is 115 Å². The van der Waals surface area contributed by atoms with Crippen LogP contribution in [0.1, 0.15) is 106 Å². The molecule has 0 heterocycles. The van der Waals surface area contributed by atoms with Crippen molar-refractivity contribution in [1.82, 2.24) is 4.81 Å². The minimum absolute atomic E-state index is 0. The van der Waals surface area contributed by atoms with Gasteiger partial charge in [0.15, 0.2) is 0 Å². The Morgan fingerprint density at radius 3 is 1.40 bits per heavy atom. The maximum Gasteiger partial charge on any atom is 4.00 e. The van der Waals surface area contributed by atoms with Crippen LogP contribution in [-0.2, 0) is 26.2 Å². The summed E-state index contributed by atoms with van der Waals surface area (Å²) in [7, 11) is 4.85. The van der Waals surface area contributed by atoms with Gasteiger partial charge in [0.25, 0.3) is 0 Å². The van der Waals surface area contributed by atoms with E-state index < -0.39 is 0 Å². The van der Waals surface area contributed by atoms with Crippen LogP contribution in [0.25, 0.3) is 12.2 Å². The Bertz CT molecular complexity index is 1620. The molecule has 8 rings (SSSR count). The summed E-state index contributed by atoms with van der Waals surface area (Å²) in [4.78, 5) is 2.70. The van der Waals surface area contributed by atoms with Crippen molar-refractivity contribution in [3.63, 3.8) is 0 Å². The molecule has 4 aliphatic rings. The molecule has 0 bridgehead atoms. The quantitative estimate of drug-likeness (QED) is 0.0971. The van der Waals surface area contributed by atoms with Gasteiger partial charge >= 0.3 is 26.2 Å². The van der Waals surface area contributed by atoms with Gasteiger partial charge in [-0.2, -0.15) is 6.92 Å². The molecule has 4 aromatic carbocycles. The van der Waals surface area contributed by atoms with Crippen LogP contribution in [0.15, 0.2) is 133 Å². The molecule has 0 saturated heterocycles. The predicted octanol–water partition coefficient (Wildman–Crippen LogP) is 15.1. The molecule has 9 atom stereocenters. The van der Waals surface area contributed by atoms with E-state index in [1.165, 1.54) is 68.9 Å². The molecule has 3 heteroatoms. The number of rotatable bonds is 8. The number of benzene rings is 4. The van der Waals surface area contributed by atoms with Crippen LogP contribution in [0.3, 0.4) is 0 Å². The molecule has 0 spiro atoms. The molecular formula is C54H74BNZr. The third kappa shape index (κ3) is 12.6. The summed E-state index contributed by atoms with van der Waals surface area (Å²) in [5.74, 6) is 7.88. The van der Waals surface area contributed by atoms with Crippen molar-refractivity contribution in [2.24, 2.45) is 29.6 Å². The van der Waals surface area contributed by atoms with Crippen molar-refractivity contribution >= 4 is 19.0 Å². The standard InChI is InChI=1S/C33H46BN.C16H14.C2H5.3CH3.Zr/c1-23-22-31-27(25-14-8-5-9-15-25)17-11-19-30(31)33(23)34(35(2)3)32-21-20-28-26(16-10-18-29(28)32)24-12-6-4-7-13-24;1-3-9-15(10-4-1)13-7-8-14-16-11-5-2-6-12-16;1-2;;;;/h4-9,12-15,23,26-33H,10-11,16-22H2,1-3H3;1-14H;1H2,2H3;3*1H3;/q;;4*-1;+4/b;13-7+,14-8+;;;;;. The van der Waals surface area contributed by atoms with Crippen molar-refractivity contribution in [2.75, 3.05) is 14.1 Å². The Kier molecular flexibility index (Phi) is 22.7. The zero-order chi connectivity index (χ0) is 37.0. The van der Waals surface area contributed by atoms with E-state index in [9.17, 15) is 0 Å². The van der Waals surface area contributed by atoms with E-state index >= 15 is 0 Å². The third-order valence-electron chi connectivity index (χ3n) is 13.6. The van der Waals surface area contributed by atoms with Crippen LogP contribution in [0, 0.1) is 58.8 Å². The fourth-order valence-electron chi connectivity index (χ4n) is 11.7. The van der Waals surface area contributed by atoms with Crippen LogP contribution in [0.5, 0.6) is 0 Å². The van der Waals surface area contributed by atoms with Crippen molar-refractivity contribution < 1.29 is 26.2 Å². The van der Waals surface area contributed by atoms with E-state index in [-0.39, 0.29) is 48.5 Å². The van der Waals surface area contributed by atoms with Crippen LogP contribution < -0.4 is 0 Å². The number of allylic oxidation sites excluding steroid dienone is 2. The largest absolute Gasteiger partial charge is 4.00 e. The maximum absolute atomic E-state index is 3.25. The molecule has 9 unspecified atom stereocenters. The van der Waals surface area contributed by atoms with Gasteiger partial charge < -0.3 is 34.0 Å². The van der Waals surface area contributed by atoms with E-state index in [2.05, 4.69) is 142 Å². The maximum atomic E-state index is 3.25. The molecule has 4 aliphatic carbocycles. The van der Waals surface area contributed by atoms with Gasteiger partial charge in [-0.15, -0.1) is 0 Å². The number of hydrogen-bond acceptors (Lipinski definition) is 1. The average Bonchev–Trinajstić information content (AvgIpc) is 3.80. The first-order chi connectivity index (χ1) is 26.1. The number of fused-ring (bicyclic) bond motifs is 2. The van der Waals surface area contributed by atoms with Crippen LogP contribution in [0.2, 0.25) is 11.6 Å². The summed E-state index contributed by atoms with van der Waals surface area (Å²) < 4.78 is 0. The number of nitrogens with zero attached hydrogens (tertiary/aromatic N) is 1. The Morgan fingerprint density at radius 2 is 0.947 bits per heavy atom. The second-order valence-corrected chi connectivity index (χ2v) is 16.6. The summed E-state index contributed by atoms with van der Waals surface area (Å²) in [5, 5.41) is 0. The summed E-state index contributed by atoms with van der Waals surface area (Å²) in [6, 6.07) is 43.7. The Labute approximate surface area is 371 Å². The van der Waals surface area contributed by atoms with Gasteiger partial charge in [0.1, 0.15) is 0 Å². The Hall–Kier alpha value is -2.73. The molecule has 4 saturated carbocycles. The first-order valence-corrected chi connectivity index (χ1v) is 21.0. The summed E-state index contributed by atoms with van der Waals surface area (Å²) in [6.07, 6.45) is 21.3. The van der Waals surface area contributed by atoms with Gasteiger partial charge in [0, 0.05) is 0 Å². The summed E-state index contributed by atoms with van der Waals surface area (Å²) >= 11 is 0. The van der Waals surface area contributed by atoms with Crippen LogP contribution in [-0.4, -0.2) is 25.8 Å². The van der Waals surface area contributed by atoms with E-state index in [1.54, 1.807) is 18.1 Å². The smallest absolute Gasteiger partial charge is 0.358 e. The molecule has 0 amide bonds. The topological polar surface area (TPSA) is 3.24 Å². The normalized spacial score (nSPS) is 27.1. The summed E-state index contributed by atoms with van der Waals surface area (Å²) in [5.41, 5.74) is 5.69. The van der Waals surface area contributed by atoms with Gasteiger partial charge in [-0.25, -0.2) is 0 Å². The summed E-state index contributed by atoms with van der Waals surface area (Å²) in [6.45, 7) is 8.39. The monoisotopic (exact) mass is 837 g/mol. The number of hydrogen-bond donors (Lipinski definition) is 0. The average molecular weight is 839 g/mol. The first kappa shape index (κ1) is 50.4. The van der Waals surface area contributed by atoms with E-state index in [0.717, 1.165) is 59.9 Å². The van der Waals surface area contributed by atoms with Gasteiger partial charge in [-0.1, -0.05) is 185 Å². The fourth-order valence-corrected chi connectivity index (χ4v) is 11.7. The minimum atomic E-state index is 0. The molecule has 1 nitrogen and oxygen atoms in total. The van der Waals surface area contributed by atoms with Gasteiger partial charge in [0.05, 0.1) is 0 Å². The molecule has 0 radical (unpaired) electrons. The second-order valence-electron chi connectivity index (χ2n) is 16.6. The Balaban J connectivity index is 0.000000435. The zero-order valence-corrected chi connectivity index (χ0v) is 39.1. The van der Waals surface area contributed by atoms with E-state index in [0.29, 0.717) is 0 Å². The Morgan fingerprint density at radius 1 is 0.526 bits per heavy atom. The molecule has 4 aromatic rings. The van der Waals surface area contributed by atoms with Crippen molar-refractivity contribution in [3.8, 4) is 0 Å². The molecule has 0 aromatic heterocycles. The zero-order valence-electron chi connectivity index (χ0n) is 36.6. The minimum Gasteiger partial charge on any atom is -0.358 e. The van der Waals surface area contributed by atoms with Crippen molar-refractivity contribution in [1.29, 1.82) is 0 Å². The third-order valence-corrected chi connectivity index (χ3v) is 13.6. The fraction of sp³-hybridized carbons (Fsp3) is 0.407. The first-order valence-electron chi connectivity index (χ1n) is 21.0. The van der Waals surface area contributed by atoms with Crippen molar-refractivity contribution in [3.05, 3.63) is 185 Å². The predicted molar refractivity (Wildman–Crippen MR) is 251 cm³/mol. The molecular weight excluding hydrogens is 765 g/mol. The molecule has 302 valence electrons. The molecule has 57 heavy (non-hydrogen) atoms. The molecule has 0 N–H and O–H groups in total. The molecule has 4 fully saturated rings. The van der Waals surface area contributed by atoms with E-state index in [4.69, 9.17) is 0 Å².